The fraction of sp³-hybridized carbons (Fsp3) is 0.500. The summed E-state index contributed by atoms with van der Waals surface area (Å²) in [5, 5.41) is 0. The summed E-state index contributed by atoms with van der Waals surface area (Å²) in [5.74, 6) is -13.3. The molecule has 2 rings (SSSR count). The average Bonchev–Trinajstić information content (AvgIpc) is 3.21. The van der Waals surface area contributed by atoms with Crippen LogP contribution in [-0.4, -0.2) is 25.5 Å². The molecule has 0 spiro atoms. The Kier molecular flexibility index (Phi) is 4.62. The van der Waals surface area contributed by atoms with Crippen LogP contribution < -0.4 is 4.72 Å². The van der Waals surface area contributed by atoms with E-state index in [1.54, 1.807) is 4.72 Å². The van der Waals surface area contributed by atoms with Crippen LogP contribution in [0.2, 0.25) is 0 Å². The predicted molar refractivity (Wildman–Crippen MR) is 74.4 cm³/mol. The molecule has 0 saturated heterocycles. The number of hydrogen-bond donors (Lipinski definition) is 1. The maximum Gasteiger partial charge on any atom is 0.327 e. The van der Waals surface area contributed by atoms with Crippen LogP contribution in [0, 0.1) is 29.1 Å². The third-order valence-corrected chi connectivity index (χ3v) is 4.86. The molecule has 0 aliphatic heterocycles. The predicted octanol–water partition coefficient (Wildman–Crippen LogP) is 2.53. The number of ether oxygens (including phenoxy) is 1. The molecule has 11 heteroatoms. The molecule has 0 bridgehead atoms. The summed E-state index contributed by atoms with van der Waals surface area (Å²) in [4.78, 5) is 10.0. The fourth-order valence-electron chi connectivity index (χ4n) is 1.98. The van der Waals surface area contributed by atoms with E-state index in [1.165, 1.54) is 20.8 Å². The maximum atomic E-state index is 13.7. The first-order valence-electron chi connectivity index (χ1n) is 7.01. The topological polar surface area (TPSA) is 72.5 Å². The Morgan fingerprint density at radius 3 is 1.72 bits per heavy atom. The summed E-state index contributed by atoms with van der Waals surface area (Å²) >= 11 is 0. The highest BCUT2D eigenvalue weighted by molar-refractivity contribution is 7.89. The second-order valence-corrected chi connectivity index (χ2v) is 8.21. The van der Waals surface area contributed by atoms with E-state index in [4.69, 9.17) is 4.74 Å². The zero-order valence-corrected chi connectivity index (χ0v) is 14.2. The van der Waals surface area contributed by atoms with Crippen LogP contribution in [0.1, 0.15) is 33.6 Å². The Balaban J connectivity index is 2.44. The normalized spacial score (nSPS) is 16.6. The van der Waals surface area contributed by atoms with Crippen LogP contribution in [0.3, 0.4) is 0 Å². The molecule has 140 valence electrons. The van der Waals surface area contributed by atoms with Gasteiger partial charge in [0.15, 0.2) is 28.2 Å². The van der Waals surface area contributed by atoms with Crippen molar-refractivity contribution in [3.05, 3.63) is 29.1 Å². The highest BCUT2D eigenvalue weighted by atomic mass is 32.2. The van der Waals surface area contributed by atoms with Crippen molar-refractivity contribution in [2.75, 3.05) is 0 Å². The lowest BCUT2D eigenvalue weighted by atomic mass is 10.2. The fourth-order valence-corrected chi connectivity index (χ4v) is 3.53. The molecule has 0 atom stereocenters. The van der Waals surface area contributed by atoms with Crippen LogP contribution in [0.25, 0.3) is 0 Å². The third-order valence-electron chi connectivity index (χ3n) is 3.31. The van der Waals surface area contributed by atoms with Crippen molar-refractivity contribution in [1.29, 1.82) is 0 Å². The van der Waals surface area contributed by atoms with E-state index in [0.717, 1.165) is 0 Å². The molecule has 1 aromatic rings. The smallest absolute Gasteiger partial charge is 0.327 e. The molecule has 1 aliphatic carbocycles. The SMILES string of the molecule is CC(C)(C)OC(=O)C1(NS(=O)(=O)c2c(F)c(F)c(F)c(F)c2F)CC1. The Hall–Kier alpha value is -1.75. The van der Waals surface area contributed by atoms with Crippen LogP contribution >= 0.6 is 0 Å². The van der Waals surface area contributed by atoms with Crippen molar-refractivity contribution in [3.63, 3.8) is 0 Å². The lowest BCUT2D eigenvalue weighted by Gasteiger charge is -2.24. The van der Waals surface area contributed by atoms with Crippen molar-refractivity contribution in [1.82, 2.24) is 4.72 Å². The number of halogens is 5. The molecular formula is C14H14F5NO4S. The second-order valence-electron chi connectivity index (χ2n) is 6.59. The number of nitrogens with one attached hydrogen (secondary N) is 1. The van der Waals surface area contributed by atoms with Gasteiger partial charge in [-0.3, -0.25) is 0 Å². The van der Waals surface area contributed by atoms with Crippen LogP contribution in [0.5, 0.6) is 0 Å². The summed E-state index contributed by atoms with van der Waals surface area (Å²) in [5.41, 5.74) is -2.77. The zero-order chi connectivity index (χ0) is 19.4. The van der Waals surface area contributed by atoms with Gasteiger partial charge in [0.05, 0.1) is 0 Å². The molecule has 0 amide bonds. The molecule has 0 radical (unpaired) electrons. The number of esters is 1. The number of carbonyl (C=O) groups is 1. The molecule has 0 unspecified atom stereocenters. The number of benzene rings is 1. The summed E-state index contributed by atoms with van der Waals surface area (Å²) in [6.07, 6.45) is -0.0902. The van der Waals surface area contributed by atoms with E-state index < -0.39 is 61.1 Å². The maximum absolute atomic E-state index is 13.7. The van der Waals surface area contributed by atoms with Crippen molar-refractivity contribution < 1.29 is 39.9 Å². The molecule has 1 fully saturated rings. The molecule has 1 N–H and O–H groups in total. The van der Waals surface area contributed by atoms with Gasteiger partial charge in [-0.05, 0) is 33.6 Å². The number of carbonyl (C=O) groups excluding carboxylic acids is 1. The molecular weight excluding hydrogens is 373 g/mol. The van der Waals surface area contributed by atoms with Crippen molar-refractivity contribution in [2.24, 2.45) is 0 Å². The largest absolute Gasteiger partial charge is 0.459 e. The molecule has 0 heterocycles. The lowest BCUT2D eigenvalue weighted by molar-refractivity contribution is -0.158. The summed E-state index contributed by atoms with van der Waals surface area (Å²) in [6, 6.07) is 0. The Morgan fingerprint density at radius 1 is 0.960 bits per heavy atom. The highest BCUT2D eigenvalue weighted by Gasteiger charge is 2.56. The van der Waals surface area contributed by atoms with Gasteiger partial charge in [-0.25, -0.2) is 35.2 Å². The monoisotopic (exact) mass is 387 g/mol. The van der Waals surface area contributed by atoms with Crippen molar-refractivity contribution in [3.8, 4) is 0 Å². The van der Waals surface area contributed by atoms with Crippen molar-refractivity contribution >= 4 is 16.0 Å². The van der Waals surface area contributed by atoms with Crippen molar-refractivity contribution in [2.45, 2.75) is 49.6 Å². The van der Waals surface area contributed by atoms with Gasteiger partial charge >= 0.3 is 5.97 Å². The molecule has 1 aromatic carbocycles. The summed E-state index contributed by atoms with van der Waals surface area (Å²) in [7, 11) is -5.23. The van der Waals surface area contributed by atoms with Gasteiger partial charge in [-0.2, -0.15) is 4.72 Å². The van der Waals surface area contributed by atoms with Crippen LogP contribution in [-0.2, 0) is 19.6 Å². The number of hydrogen-bond acceptors (Lipinski definition) is 4. The first kappa shape index (κ1) is 19.6. The van der Waals surface area contributed by atoms with Gasteiger partial charge in [-0.15, -0.1) is 0 Å². The standard InChI is InChI=1S/C14H14F5NO4S/c1-13(2,3)24-12(21)14(4-5-14)20-25(22,23)11-9(18)7(16)6(15)8(17)10(11)19/h20H,4-5H2,1-3H3. The molecule has 0 aromatic heterocycles. The van der Waals surface area contributed by atoms with Gasteiger partial charge in [0.25, 0.3) is 0 Å². The van der Waals surface area contributed by atoms with Crippen LogP contribution in [0.4, 0.5) is 22.0 Å². The number of rotatable bonds is 4. The average molecular weight is 387 g/mol. The van der Waals surface area contributed by atoms with E-state index in [9.17, 15) is 35.2 Å². The Morgan fingerprint density at radius 2 is 1.36 bits per heavy atom. The van der Waals surface area contributed by atoms with E-state index >= 15 is 0 Å². The van der Waals surface area contributed by atoms with E-state index in [0.29, 0.717) is 0 Å². The van der Waals surface area contributed by atoms with Gasteiger partial charge in [0, 0.05) is 0 Å². The van der Waals surface area contributed by atoms with Gasteiger partial charge in [-0.1, -0.05) is 0 Å². The van der Waals surface area contributed by atoms with Crippen LogP contribution in [0.15, 0.2) is 4.90 Å². The lowest BCUT2D eigenvalue weighted by Crippen LogP contribution is -2.46. The third kappa shape index (κ3) is 3.61. The van der Waals surface area contributed by atoms with Gasteiger partial charge in [0.2, 0.25) is 15.8 Å². The Labute approximate surface area is 140 Å². The molecule has 5 nitrogen and oxygen atoms in total. The van der Waals surface area contributed by atoms with E-state index in [-0.39, 0.29) is 12.8 Å². The van der Waals surface area contributed by atoms with Gasteiger partial charge < -0.3 is 4.74 Å². The molecule has 1 aliphatic rings. The quantitative estimate of drug-likeness (QED) is 0.373. The molecule has 25 heavy (non-hydrogen) atoms. The van der Waals surface area contributed by atoms with E-state index in [1.807, 2.05) is 0 Å². The summed E-state index contributed by atoms with van der Waals surface area (Å²) < 4.78 is 97.9. The minimum atomic E-state index is -5.23. The minimum Gasteiger partial charge on any atom is -0.459 e. The van der Waals surface area contributed by atoms with Gasteiger partial charge in [0.1, 0.15) is 11.1 Å². The minimum absolute atomic E-state index is 0.0451. The second kappa shape index (κ2) is 5.90. The molecule has 1 saturated carbocycles. The zero-order valence-electron chi connectivity index (χ0n) is 13.3. The number of sulfonamides is 1. The first-order chi connectivity index (χ1) is 11.2. The summed E-state index contributed by atoms with van der Waals surface area (Å²) in [6.45, 7) is 4.54. The Bertz CT molecular complexity index is 815. The highest BCUT2D eigenvalue weighted by Crippen LogP contribution is 2.40. The van der Waals surface area contributed by atoms with E-state index in [2.05, 4.69) is 0 Å². The first-order valence-corrected chi connectivity index (χ1v) is 8.49.